The van der Waals surface area contributed by atoms with Crippen molar-refractivity contribution in [1.82, 2.24) is 4.98 Å². The minimum Gasteiger partial charge on any atom is -0.463 e. The first-order valence-corrected chi connectivity index (χ1v) is 7.25. The number of methoxy groups -OCH3 is 1. The van der Waals surface area contributed by atoms with E-state index in [4.69, 9.17) is 4.42 Å². The summed E-state index contributed by atoms with van der Waals surface area (Å²) in [7, 11) is 1.34. The van der Waals surface area contributed by atoms with E-state index in [2.05, 4.69) is 21.1 Å². The van der Waals surface area contributed by atoms with Crippen molar-refractivity contribution in [3.8, 4) is 0 Å². The van der Waals surface area contributed by atoms with Crippen LogP contribution in [0.2, 0.25) is 0 Å². The number of carbonyl (C=O) groups excluding carboxylic acids is 1. The number of aromatic nitrogens is 1. The first kappa shape index (κ1) is 13.6. The summed E-state index contributed by atoms with van der Waals surface area (Å²) in [4.78, 5) is 16.0. The summed E-state index contributed by atoms with van der Waals surface area (Å²) in [6, 6.07) is 7.77. The SMILES string of the molecule is COC(=O)c1occc1CNc1ccc2nc(C)sc2c1. The van der Waals surface area contributed by atoms with E-state index >= 15 is 0 Å². The molecule has 0 spiro atoms. The van der Waals surface area contributed by atoms with Gasteiger partial charge >= 0.3 is 5.97 Å². The molecule has 2 aromatic heterocycles. The Kier molecular flexibility index (Phi) is 3.62. The molecule has 5 nitrogen and oxygen atoms in total. The maximum Gasteiger partial charge on any atom is 0.374 e. The van der Waals surface area contributed by atoms with E-state index in [1.807, 2.05) is 19.1 Å². The average molecular weight is 302 g/mol. The number of furan rings is 1. The van der Waals surface area contributed by atoms with Crippen molar-refractivity contribution in [3.63, 3.8) is 0 Å². The number of thiazole rings is 1. The molecule has 0 radical (unpaired) electrons. The Morgan fingerprint density at radius 2 is 2.29 bits per heavy atom. The Bertz CT molecular complexity index is 791. The van der Waals surface area contributed by atoms with E-state index < -0.39 is 5.97 Å². The molecule has 1 aromatic carbocycles. The Labute approximate surface area is 125 Å². The van der Waals surface area contributed by atoms with Gasteiger partial charge in [0.15, 0.2) is 0 Å². The van der Waals surface area contributed by atoms with Crippen LogP contribution in [0.25, 0.3) is 10.2 Å². The highest BCUT2D eigenvalue weighted by Crippen LogP contribution is 2.25. The Hall–Kier alpha value is -2.34. The van der Waals surface area contributed by atoms with Crippen LogP contribution in [0.3, 0.4) is 0 Å². The molecular formula is C15H14N2O3S. The maximum atomic E-state index is 11.5. The quantitative estimate of drug-likeness (QED) is 0.746. The number of anilines is 1. The zero-order valence-electron chi connectivity index (χ0n) is 11.7. The lowest BCUT2D eigenvalue weighted by molar-refractivity contribution is 0.0563. The molecule has 3 aromatic rings. The van der Waals surface area contributed by atoms with E-state index in [1.165, 1.54) is 13.4 Å². The van der Waals surface area contributed by atoms with Crippen LogP contribution in [-0.2, 0) is 11.3 Å². The van der Waals surface area contributed by atoms with Crippen LogP contribution in [0, 0.1) is 6.92 Å². The second kappa shape index (κ2) is 5.57. The fourth-order valence-corrected chi connectivity index (χ4v) is 2.96. The van der Waals surface area contributed by atoms with Crippen LogP contribution in [0.1, 0.15) is 21.1 Å². The first-order valence-electron chi connectivity index (χ1n) is 6.43. The molecule has 0 aliphatic carbocycles. The average Bonchev–Trinajstić information content (AvgIpc) is 3.08. The summed E-state index contributed by atoms with van der Waals surface area (Å²) >= 11 is 1.66. The molecule has 0 atom stereocenters. The highest BCUT2D eigenvalue weighted by atomic mass is 32.1. The molecule has 6 heteroatoms. The van der Waals surface area contributed by atoms with Gasteiger partial charge in [0.1, 0.15) is 0 Å². The van der Waals surface area contributed by atoms with Gasteiger partial charge in [-0.15, -0.1) is 11.3 Å². The third kappa shape index (κ3) is 2.75. The maximum absolute atomic E-state index is 11.5. The van der Waals surface area contributed by atoms with Gasteiger partial charge in [0.25, 0.3) is 0 Å². The summed E-state index contributed by atoms with van der Waals surface area (Å²) in [6.07, 6.45) is 1.49. The van der Waals surface area contributed by atoms with Crippen molar-refractivity contribution in [2.45, 2.75) is 13.5 Å². The fraction of sp³-hybridized carbons (Fsp3) is 0.200. The molecule has 0 amide bonds. The zero-order chi connectivity index (χ0) is 14.8. The third-order valence-electron chi connectivity index (χ3n) is 3.10. The van der Waals surface area contributed by atoms with Gasteiger partial charge in [-0.05, 0) is 31.2 Å². The lowest BCUT2D eigenvalue weighted by atomic mass is 10.2. The molecular weight excluding hydrogens is 288 g/mol. The van der Waals surface area contributed by atoms with Crippen molar-refractivity contribution in [1.29, 1.82) is 0 Å². The third-order valence-corrected chi connectivity index (χ3v) is 4.03. The number of fused-ring (bicyclic) bond motifs is 1. The second-order valence-corrected chi connectivity index (χ2v) is 5.77. The minimum atomic E-state index is -0.467. The van der Waals surface area contributed by atoms with E-state index in [9.17, 15) is 4.79 Å². The molecule has 3 rings (SSSR count). The van der Waals surface area contributed by atoms with Gasteiger partial charge in [0.2, 0.25) is 5.76 Å². The van der Waals surface area contributed by atoms with Crippen LogP contribution >= 0.6 is 11.3 Å². The molecule has 0 saturated carbocycles. The fourth-order valence-electron chi connectivity index (χ4n) is 2.09. The van der Waals surface area contributed by atoms with Gasteiger partial charge in [-0.25, -0.2) is 9.78 Å². The predicted octanol–water partition coefficient (Wildman–Crippen LogP) is 3.60. The molecule has 0 bridgehead atoms. The van der Waals surface area contributed by atoms with E-state index in [0.29, 0.717) is 6.54 Å². The molecule has 0 aliphatic heterocycles. The van der Waals surface area contributed by atoms with Crippen LogP contribution < -0.4 is 5.32 Å². The molecule has 0 fully saturated rings. The Morgan fingerprint density at radius 1 is 1.43 bits per heavy atom. The number of ether oxygens (including phenoxy) is 1. The first-order chi connectivity index (χ1) is 10.2. The molecule has 0 unspecified atom stereocenters. The van der Waals surface area contributed by atoms with Crippen LogP contribution in [0.15, 0.2) is 34.9 Å². The number of hydrogen-bond acceptors (Lipinski definition) is 6. The van der Waals surface area contributed by atoms with Gasteiger partial charge in [-0.3, -0.25) is 0 Å². The molecule has 2 heterocycles. The summed E-state index contributed by atoms with van der Waals surface area (Å²) in [5.41, 5.74) is 2.74. The zero-order valence-corrected chi connectivity index (χ0v) is 12.5. The van der Waals surface area contributed by atoms with E-state index in [0.717, 1.165) is 26.5 Å². The molecule has 108 valence electrons. The molecule has 1 N–H and O–H groups in total. The molecule has 21 heavy (non-hydrogen) atoms. The lowest BCUT2D eigenvalue weighted by Crippen LogP contribution is -2.06. The highest BCUT2D eigenvalue weighted by Gasteiger charge is 2.15. The number of benzene rings is 1. The van der Waals surface area contributed by atoms with Gasteiger partial charge in [0.05, 0.1) is 28.6 Å². The van der Waals surface area contributed by atoms with Crippen molar-refractivity contribution in [2.75, 3.05) is 12.4 Å². The number of rotatable bonds is 4. The Balaban J connectivity index is 1.77. The van der Waals surface area contributed by atoms with Gasteiger partial charge in [-0.2, -0.15) is 0 Å². The predicted molar refractivity (Wildman–Crippen MR) is 81.7 cm³/mol. The second-order valence-electron chi connectivity index (χ2n) is 4.54. The van der Waals surface area contributed by atoms with Gasteiger partial charge in [0, 0.05) is 17.8 Å². The van der Waals surface area contributed by atoms with E-state index in [1.54, 1.807) is 17.4 Å². The molecule has 0 aliphatic rings. The van der Waals surface area contributed by atoms with Crippen LogP contribution in [-0.4, -0.2) is 18.1 Å². The number of carbonyl (C=O) groups is 1. The number of esters is 1. The summed E-state index contributed by atoms with van der Waals surface area (Å²) in [5, 5.41) is 4.33. The topological polar surface area (TPSA) is 64.4 Å². The number of aryl methyl sites for hydroxylation is 1. The highest BCUT2D eigenvalue weighted by molar-refractivity contribution is 7.18. The van der Waals surface area contributed by atoms with Crippen molar-refractivity contribution < 1.29 is 13.9 Å². The van der Waals surface area contributed by atoms with Gasteiger partial charge < -0.3 is 14.5 Å². The summed E-state index contributed by atoms with van der Waals surface area (Å²) in [5.74, 6) is -0.231. The summed E-state index contributed by atoms with van der Waals surface area (Å²) in [6.45, 7) is 2.48. The Morgan fingerprint density at radius 3 is 3.10 bits per heavy atom. The summed E-state index contributed by atoms with van der Waals surface area (Å²) < 4.78 is 11.0. The largest absolute Gasteiger partial charge is 0.463 e. The molecule has 0 saturated heterocycles. The lowest BCUT2D eigenvalue weighted by Gasteiger charge is -2.06. The minimum absolute atomic E-state index is 0.236. The number of nitrogens with one attached hydrogen (secondary N) is 1. The van der Waals surface area contributed by atoms with Crippen LogP contribution in [0.5, 0.6) is 0 Å². The standard InChI is InChI=1S/C15H14N2O3S/c1-9-17-12-4-3-11(7-13(12)21-9)16-8-10-5-6-20-14(10)15(18)19-2/h3-7,16H,8H2,1-2H3. The number of nitrogens with zero attached hydrogens (tertiary/aromatic N) is 1. The van der Waals surface area contributed by atoms with E-state index in [-0.39, 0.29) is 5.76 Å². The van der Waals surface area contributed by atoms with Gasteiger partial charge in [-0.1, -0.05) is 0 Å². The normalized spacial score (nSPS) is 10.8. The smallest absolute Gasteiger partial charge is 0.374 e. The van der Waals surface area contributed by atoms with Crippen molar-refractivity contribution in [3.05, 3.63) is 46.9 Å². The number of hydrogen-bond donors (Lipinski definition) is 1. The van der Waals surface area contributed by atoms with Crippen LogP contribution in [0.4, 0.5) is 5.69 Å². The van der Waals surface area contributed by atoms with Crippen molar-refractivity contribution >= 4 is 33.2 Å². The van der Waals surface area contributed by atoms with Crippen molar-refractivity contribution in [2.24, 2.45) is 0 Å². The monoisotopic (exact) mass is 302 g/mol.